The minimum Gasteiger partial charge on any atom is -0.508 e. The first-order chi connectivity index (χ1) is 9.15. The maximum absolute atomic E-state index is 11.0. The molecule has 2 aromatic rings. The Labute approximate surface area is 111 Å². The maximum Gasteiger partial charge on any atom is 0.306 e. The zero-order chi connectivity index (χ0) is 13.4. The number of aliphatic carboxylic acids is 1. The molecule has 19 heavy (non-hydrogen) atoms. The number of rotatable bonds is 2. The molecule has 0 spiro atoms. The van der Waals surface area contributed by atoms with Crippen molar-refractivity contribution in [3.05, 3.63) is 30.0 Å². The van der Waals surface area contributed by atoms with E-state index in [1.807, 2.05) is 12.3 Å². The van der Waals surface area contributed by atoms with Gasteiger partial charge >= 0.3 is 5.97 Å². The highest BCUT2D eigenvalue weighted by Crippen LogP contribution is 2.39. The first-order valence-electron chi connectivity index (χ1n) is 6.68. The Morgan fingerprint density at radius 3 is 2.63 bits per heavy atom. The third kappa shape index (κ3) is 2.18. The molecule has 0 radical (unpaired) electrons. The molecule has 0 saturated heterocycles. The number of carbonyl (C=O) groups is 1. The summed E-state index contributed by atoms with van der Waals surface area (Å²) in [6, 6.07) is 5.32. The van der Waals surface area contributed by atoms with Crippen LogP contribution in [-0.2, 0) is 4.79 Å². The Bertz CT molecular complexity index is 609. The molecular formula is C15H17NO3. The smallest absolute Gasteiger partial charge is 0.306 e. The van der Waals surface area contributed by atoms with Gasteiger partial charge in [-0.25, -0.2) is 0 Å². The molecule has 100 valence electrons. The number of benzene rings is 1. The summed E-state index contributed by atoms with van der Waals surface area (Å²) >= 11 is 0. The molecule has 4 heteroatoms. The van der Waals surface area contributed by atoms with Crippen LogP contribution in [0.3, 0.4) is 0 Å². The van der Waals surface area contributed by atoms with E-state index < -0.39 is 5.97 Å². The van der Waals surface area contributed by atoms with Crippen LogP contribution in [-0.4, -0.2) is 21.2 Å². The zero-order valence-electron chi connectivity index (χ0n) is 10.6. The molecule has 3 N–H and O–H groups in total. The van der Waals surface area contributed by atoms with E-state index in [0.717, 1.165) is 36.6 Å². The number of carboxylic acid groups (broad SMARTS) is 1. The van der Waals surface area contributed by atoms with Crippen molar-refractivity contribution >= 4 is 16.9 Å². The normalized spacial score (nSPS) is 23.6. The molecule has 1 aliphatic rings. The third-order valence-electron chi connectivity index (χ3n) is 4.21. The Balaban J connectivity index is 1.85. The average molecular weight is 259 g/mol. The Hall–Kier alpha value is -1.97. The standard InChI is InChI=1S/C15H17NO3/c17-11-5-6-14-12(7-11)13(8-16-14)9-1-3-10(4-2-9)15(18)19/h5-10,16-17H,1-4H2,(H,18,19). The molecule has 0 aliphatic heterocycles. The van der Waals surface area contributed by atoms with E-state index in [0.29, 0.717) is 5.92 Å². The molecule has 1 aliphatic carbocycles. The summed E-state index contributed by atoms with van der Waals surface area (Å²) in [7, 11) is 0. The summed E-state index contributed by atoms with van der Waals surface area (Å²) in [6.07, 6.45) is 5.28. The van der Waals surface area contributed by atoms with Crippen molar-refractivity contribution in [3.8, 4) is 5.75 Å². The van der Waals surface area contributed by atoms with Crippen LogP contribution in [0.25, 0.3) is 10.9 Å². The summed E-state index contributed by atoms with van der Waals surface area (Å²) in [5.74, 6) is -0.191. The molecule has 0 amide bonds. The van der Waals surface area contributed by atoms with Gasteiger partial charge in [0.05, 0.1) is 5.92 Å². The second kappa shape index (κ2) is 4.61. The summed E-state index contributed by atoms with van der Waals surface area (Å²) in [6.45, 7) is 0. The van der Waals surface area contributed by atoms with Gasteiger partial charge in [-0.3, -0.25) is 4.79 Å². The number of phenols is 1. The number of aromatic hydroxyl groups is 1. The molecule has 0 unspecified atom stereocenters. The molecule has 1 aromatic heterocycles. The van der Waals surface area contributed by atoms with Gasteiger partial charge in [0, 0.05) is 17.1 Å². The van der Waals surface area contributed by atoms with E-state index >= 15 is 0 Å². The first-order valence-corrected chi connectivity index (χ1v) is 6.68. The van der Waals surface area contributed by atoms with Crippen LogP contribution in [0.1, 0.15) is 37.2 Å². The van der Waals surface area contributed by atoms with Gasteiger partial charge in [0.2, 0.25) is 0 Å². The third-order valence-corrected chi connectivity index (χ3v) is 4.21. The summed E-state index contributed by atoms with van der Waals surface area (Å²) in [5.41, 5.74) is 2.22. The van der Waals surface area contributed by atoms with Gasteiger partial charge in [-0.15, -0.1) is 0 Å². The molecule has 4 nitrogen and oxygen atoms in total. The van der Waals surface area contributed by atoms with Crippen LogP contribution in [0.5, 0.6) is 5.75 Å². The minimum absolute atomic E-state index is 0.185. The Morgan fingerprint density at radius 2 is 1.95 bits per heavy atom. The van der Waals surface area contributed by atoms with Crippen molar-refractivity contribution in [2.45, 2.75) is 31.6 Å². The van der Waals surface area contributed by atoms with Crippen LogP contribution < -0.4 is 0 Å². The number of hydrogen-bond donors (Lipinski definition) is 3. The highest BCUT2D eigenvalue weighted by atomic mass is 16.4. The number of phenolic OH excluding ortho intramolecular Hbond substituents is 1. The number of H-pyrrole nitrogens is 1. The maximum atomic E-state index is 11.0. The fraction of sp³-hybridized carbons (Fsp3) is 0.400. The van der Waals surface area contributed by atoms with Gasteiger partial charge in [0.25, 0.3) is 0 Å². The van der Waals surface area contributed by atoms with Gasteiger partial charge in [-0.2, -0.15) is 0 Å². The van der Waals surface area contributed by atoms with E-state index in [-0.39, 0.29) is 11.7 Å². The zero-order valence-corrected chi connectivity index (χ0v) is 10.6. The summed E-state index contributed by atoms with van der Waals surface area (Å²) in [5, 5.41) is 19.7. The number of fused-ring (bicyclic) bond motifs is 1. The Kier molecular flexibility index (Phi) is 2.93. The first kappa shape index (κ1) is 12.1. The second-order valence-electron chi connectivity index (χ2n) is 5.36. The van der Waals surface area contributed by atoms with Crippen molar-refractivity contribution < 1.29 is 15.0 Å². The van der Waals surface area contributed by atoms with Crippen molar-refractivity contribution in [2.24, 2.45) is 5.92 Å². The predicted molar refractivity (Wildman–Crippen MR) is 72.3 cm³/mol. The van der Waals surface area contributed by atoms with E-state index in [2.05, 4.69) is 4.98 Å². The monoisotopic (exact) mass is 259 g/mol. The van der Waals surface area contributed by atoms with E-state index in [1.165, 1.54) is 5.56 Å². The molecule has 0 bridgehead atoms. The van der Waals surface area contributed by atoms with Gasteiger partial charge in [0.15, 0.2) is 0 Å². The van der Waals surface area contributed by atoms with Crippen LogP contribution >= 0.6 is 0 Å². The average Bonchev–Trinajstić information content (AvgIpc) is 2.81. The van der Waals surface area contributed by atoms with Crippen molar-refractivity contribution in [1.82, 2.24) is 4.98 Å². The number of nitrogens with one attached hydrogen (secondary N) is 1. The van der Waals surface area contributed by atoms with Crippen molar-refractivity contribution in [3.63, 3.8) is 0 Å². The molecule has 1 aromatic carbocycles. The summed E-state index contributed by atoms with van der Waals surface area (Å²) in [4.78, 5) is 14.2. The largest absolute Gasteiger partial charge is 0.508 e. The highest BCUT2D eigenvalue weighted by Gasteiger charge is 2.27. The molecule has 1 saturated carbocycles. The van der Waals surface area contributed by atoms with Crippen molar-refractivity contribution in [2.75, 3.05) is 0 Å². The fourth-order valence-corrected chi connectivity index (χ4v) is 3.12. The number of hydrogen-bond acceptors (Lipinski definition) is 2. The topological polar surface area (TPSA) is 73.3 Å². The highest BCUT2D eigenvalue weighted by molar-refractivity contribution is 5.85. The van der Waals surface area contributed by atoms with Crippen molar-refractivity contribution in [1.29, 1.82) is 0 Å². The lowest BCUT2D eigenvalue weighted by Gasteiger charge is -2.25. The van der Waals surface area contributed by atoms with Crippen LogP contribution in [0, 0.1) is 5.92 Å². The molecule has 3 rings (SSSR count). The molecule has 1 fully saturated rings. The summed E-state index contributed by atoms with van der Waals surface area (Å²) < 4.78 is 0. The van der Waals surface area contributed by atoms with Crippen LogP contribution in [0.4, 0.5) is 0 Å². The van der Waals surface area contributed by atoms with Gasteiger partial charge in [-0.05, 0) is 55.4 Å². The lowest BCUT2D eigenvalue weighted by molar-refractivity contribution is -0.142. The van der Waals surface area contributed by atoms with E-state index in [4.69, 9.17) is 5.11 Å². The second-order valence-corrected chi connectivity index (χ2v) is 5.36. The van der Waals surface area contributed by atoms with Gasteiger partial charge in [0.1, 0.15) is 5.75 Å². The van der Waals surface area contributed by atoms with E-state index in [1.54, 1.807) is 12.1 Å². The quantitative estimate of drug-likeness (QED) is 0.775. The van der Waals surface area contributed by atoms with Gasteiger partial charge < -0.3 is 15.2 Å². The molecule has 1 heterocycles. The van der Waals surface area contributed by atoms with Gasteiger partial charge in [-0.1, -0.05) is 0 Å². The fourth-order valence-electron chi connectivity index (χ4n) is 3.12. The lowest BCUT2D eigenvalue weighted by atomic mass is 9.78. The lowest BCUT2D eigenvalue weighted by Crippen LogP contribution is -2.20. The minimum atomic E-state index is -0.671. The number of aromatic nitrogens is 1. The number of carboxylic acids is 1. The predicted octanol–water partition coefficient (Wildman–Crippen LogP) is 3.23. The van der Waals surface area contributed by atoms with E-state index in [9.17, 15) is 9.90 Å². The molecule has 0 atom stereocenters. The number of aromatic amines is 1. The van der Waals surface area contributed by atoms with Crippen LogP contribution in [0.15, 0.2) is 24.4 Å². The SMILES string of the molecule is O=C(O)C1CCC(c2c[nH]c3ccc(O)cc23)CC1. The van der Waals surface area contributed by atoms with Crippen LogP contribution in [0.2, 0.25) is 0 Å². The Morgan fingerprint density at radius 1 is 1.21 bits per heavy atom. The molecular weight excluding hydrogens is 242 g/mol.